The van der Waals surface area contributed by atoms with Gasteiger partial charge in [-0.25, -0.2) is 0 Å². The number of hydrogen-bond donors (Lipinski definition) is 1. The molecule has 1 aromatic rings. The lowest BCUT2D eigenvalue weighted by atomic mass is 9.99. The molecule has 0 saturated carbocycles. The molecule has 0 aromatic heterocycles. The van der Waals surface area contributed by atoms with Crippen LogP contribution in [-0.2, 0) is 0 Å². The second kappa shape index (κ2) is 11.6. The van der Waals surface area contributed by atoms with Gasteiger partial charge in [-0.2, -0.15) is 0 Å². The van der Waals surface area contributed by atoms with Crippen molar-refractivity contribution in [3.63, 3.8) is 0 Å². The van der Waals surface area contributed by atoms with Crippen LogP contribution in [0.5, 0.6) is 0 Å². The molecule has 2 heteroatoms. The maximum Gasteiger partial charge on any atom is 0.0320 e. The summed E-state index contributed by atoms with van der Waals surface area (Å²) in [5.41, 5.74) is 1.45. The van der Waals surface area contributed by atoms with Crippen molar-refractivity contribution in [1.82, 2.24) is 5.32 Å². The monoisotopic (exact) mass is 387 g/mol. The summed E-state index contributed by atoms with van der Waals surface area (Å²) < 4.78 is 1.34. The fourth-order valence-corrected chi connectivity index (χ4v) is 3.23. The van der Waals surface area contributed by atoms with E-state index in [1.165, 1.54) is 60.5 Å². The predicted molar refractivity (Wildman–Crippen MR) is 98.2 cm³/mol. The van der Waals surface area contributed by atoms with Crippen molar-refractivity contribution in [3.8, 4) is 0 Å². The molecule has 0 aliphatic rings. The first-order valence-corrected chi connectivity index (χ1v) is 9.34. The fourth-order valence-electron chi connectivity index (χ4n) is 2.66. The Morgan fingerprint density at radius 1 is 1.00 bits per heavy atom. The molecule has 1 atom stereocenters. The lowest BCUT2D eigenvalue weighted by Gasteiger charge is -2.18. The van der Waals surface area contributed by atoms with Gasteiger partial charge in [0.2, 0.25) is 0 Å². The smallest absolute Gasteiger partial charge is 0.0320 e. The van der Waals surface area contributed by atoms with E-state index < -0.39 is 0 Å². The first kappa shape index (κ1) is 18.0. The van der Waals surface area contributed by atoms with Gasteiger partial charge in [-0.05, 0) is 53.3 Å². The molecule has 0 radical (unpaired) electrons. The summed E-state index contributed by atoms with van der Waals surface area (Å²) in [4.78, 5) is 0. The molecule has 0 heterocycles. The fraction of sp³-hybridized carbons (Fsp3) is 0.667. The topological polar surface area (TPSA) is 12.0 Å². The first-order valence-electron chi connectivity index (χ1n) is 8.26. The largest absolute Gasteiger partial charge is 0.310 e. The summed E-state index contributed by atoms with van der Waals surface area (Å²) >= 11 is 2.40. The molecule has 114 valence electrons. The molecule has 1 rings (SSSR count). The van der Waals surface area contributed by atoms with Gasteiger partial charge >= 0.3 is 0 Å². The number of halogens is 1. The van der Waals surface area contributed by atoms with Crippen molar-refractivity contribution in [2.24, 2.45) is 0 Å². The molecule has 1 unspecified atom stereocenters. The Morgan fingerprint density at radius 2 is 1.70 bits per heavy atom. The molecule has 0 bridgehead atoms. The second-order valence-electron chi connectivity index (χ2n) is 5.58. The number of rotatable bonds is 11. The van der Waals surface area contributed by atoms with Crippen molar-refractivity contribution in [1.29, 1.82) is 0 Å². The van der Waals surface area contributed by atoms with Gasteiger partial charge in [0, 0.05) is 9.61 Å². The highest BCUT2D eigenvalue weighted by molar-refractivity contribution is 14.1. The van der Waals surface area contributed by atoms with Gasteiger partial charge in [-0.3, -0.25) is 0 Å². The lowest BCUT2D eigenvalue weighted by molar-refractivity contribution is 0.475. The molecular weight excluding hydrogens is 357 g/mol. The highest BCUT2D eigenvalue weighted by Gasteiger charge is 2.09. The molecule has 0 fully saturated rings. The number of unbranched alkanes of at least 4 members (excludes halogenated alkanes) is 6. The van der Waals surface area contributed by atoms with Crippen LogP contribution in [0.15, 0.2) is 24.3 Å². The predicted octanol–water partition coefficient (Wildman–Crippen LogP) is 6.08. The van der Waals surface area contributed by atoms with Crippen LogP contribution in [0.3, 0.4) is 0 Å². The molecular formula is C18H30IN. The van der Waals surface area contributed by atoms with E-state index in [1.807, 2.05) is 0 Å². The van der Waals surface area contributed by atoms with E-state index in [-0.39, 0.29) is 0 Å². The number of nitrogens with one attached hydrogen (secondary N) is 1. The van der Waals surface area contributed by atoms with Crippen molar-refractivity contribution >= 4 is 22.6 Å². The molecule has 1 nitrogen and oxygen atoms in total. The van der Waals surface area contributed by atoms with Crippen molar-refractivity contribution in [3.05, 3.63) is 33.4 Å². The zero-order chi connectivity index (χ0) is 14.6. The Kier molecular flexibility index (Phi) is 10.4. The summed E-state index contributed by atoms with van der Waals surface area (Å²) in [6, 6.07) is 9.45. The standard InChI is InChI=1S/C18H30IN/c1-3-5-6-7-8-9-10-14-18(20-4-2)16-12-11-13-17(19)15-16/h11-13,15,18,20H,3-10,14H2,1-2H3. The van der Waals surface area contributed by atoms with Crippen LogP contribution in [0.1, 0.15) is 76.8 Å². The Balaban J connectivity index is 2.29. The minimum atomic E-state index is 0.533. The normalized spacial score (nSPS) is 12.6. The summed E-state index contributed by atoms with van der Waals surface area (Å²) in [5, 5.41) is 3.63. The zero-order valence-electron chi connectivity index (χ0n) is 13.1. The van der Waals surface area contributed by atoms with Crippen molar-refractivity contribution in [2.45, 2.75) is 71.3 Å². The molecule has 1 aromatic carbocycles. The van der Waals surface area contributed by atoms with Gasteiger partial charge in [-0.1, -0.05) is 70.9 Å². The highest BCUT2D eigenvalue weighted by Crippen LogP contribution is 2.22. The van der Waals surface area contributed by atoms with Gasteiger partial charge in [-0.15, -0.1) is 0 Å². The molecule has 0 spiro atoms. The quantitative estimate of drug-likeness (QED) is 0.358. The maximum atomic E-state index is 3.63. The van der Waals surface area contributed by atoms with Crippen LogP contribution < -0.4 is 5.32 Å². The summed E-state index contributed by atoms with van der Waals surface area (Å²) in [7, 11) is 0. The molecule has 0 aliphatic heterocycles. The first-order chi connectivity index (χ1) is 9.77. The van der Waals surface area contributed by atoms with Gasteiger partial charge < -0.3 is 5.32 Å². The van der Waals surface area contributed by atoms with Crippen LogP contribution in [0.4, 0.5) is 0 Å². The van der Waals surface area contributed by atoms with E-state index in [4.69, 9.17) is 0 Å². The SMILES string of the molecule is CCCCCCCCCC(NCC)c1cccc(I)c1. The number of benzene rings is 1. The summed E-state index contributed by atoms with van der Waals surface area (Å²) in [6.07, 6.45) is 11.0. The van der Waals surface area contributed by atoms with Gasteiger partial charge in [0.25, 0.3) is 0 Å². The minimum Gasteiger partial charge on any atom is -0.310 e. The second-order valence-corrected chi connectivity index (χ2v) is 6.82. The summed E-state index contributed by atoms with van der Waals surface area (Å²) in [5.74, 6) is 0. The highest BCUT2D eigenvalue weighted by atomic mass is 127. The van der Waals surface area contributed by atoms with E-state index in [0.717, 1.165) is 6.54 Å². The van der Waals surface area contributed by atoms with Crippen LogP contribution in [0.25, 0.3) is 0 Å². The Hall–Kier alpha value is -0.0900. The van der Waals surface area contributed by atoms with E-state index in [1.54, 1.807) is 0 Å². The van der Waals surface area contributed by atoms with E-state index in [2.05, 4.69) is 66.0 Å². The summed E-state index contributed by atoms with van der Waals surface area (Å²) in [6.45, 7) is 5.53. The molecule has 0 amide bonds. The van der Waals surface area contributed by atoms with E-state index >= 15 is 0 Å². The van der Waals surface area contributed by atoms with Crippen LogP contribution in [-0.4, -0.2) is 6.54 Å². The van der Waals surface area contributed by atoms with Crippen molar-refractivity contribution in [2.75, 3.05) is 6.54 Å². The van der Waals surface area contributed by atoms with Gasteiger partial charge in [0.15, 0.2) is 0 Å². The van der Waals surface area contributed by atoms with Crippen LogP contribution in [0, 0.1) is 3.57 Å². The molecule has 0 saturated heterocycles. The molecule has 1 N–H and O–H groups in total. The maximum absolute atomic E-state index is 3.63. The number of hydrogen-bond acceptors (Lipinski definition) is 1. The minimum absolute atomic E-state index is 0.533. The average Bonchev–Trinajstić information content (AvgIpc) is 2.45. The van der Waals surface area contributed by atoms with Gasteiger partial charge in [0.1, 0.15) is 0 Å². The Morgan fingerprint density at radius 3 is 2.35 bits per heavy atom. The molecule has 20 heavy (non-hydrogen) atoms. The van der Waals surface area contributed by atoms with Gasteiger partial charge in [0.05, 0.1) is 0 Å². The third-order valence-corrected chi connectivity index (χ3v) is 4.47. The Labute approximate surface area is 139 Å². The zero-order valence-corrected chi connectivity index (χ0v) is 15.3. The third-order valence-electron chi connectivity index (χ3n) is 3.80. The lowest BCUT2D eigenvalue weighted by Crippen LogP contribution is -2.20. The van der Waals surface area contributed by atoms with Crippen molar-refractivity contribution < 1.29 is 0 Å². The average molecular weight is 387 g/mol. The third kappa shape index (κ3) is 7.63. The van der Waals surface area contributed by atoms with Crippen LogP contribution in [0.2, 0.25) is 0 Å². The molecule has 0 aliphatic carbocycles. The van der Waals surface area contributed by atoms with E-state index in [0.29, 0.717) is 6.04 Å². The van der Waals surface area contributed by atoms with E-state index in [9.17, 15) is 0 Å². The van der Waals surface area contributed by atoms with Crippen LogP contribution >= 0.6 is 22.6 Å². The Bertz CT molecular complexity index is 351.